The summed E-state index contributed by atoms with van der Waals surface area (Å²) in [5.74, 6) is -3.19. The Labute approximate surface area is 184 Å². The van der Waals surface area contributed by atoms with Gasteiger partial charge in [0.15, 0.2) is 5.78 Å². The fourth-order valence-corrected chi connectivity index (χ4v) is 4.20. The fourth-order valence-electron chi connectivity index (χ4n) is 4.20. The van der Waals surface area contributed by atoms with Crippen LogP contribution in [0.15, 0.2) is 72.8 Å². The zero-order valence-corrected chi connectivity index (χ0v) is 17.3. The van der Waals surface area contributed by atoms with Crippen molar-refractivity contribution in [2.45, 2.75) is 19.3 Å². The minimum absolute atomic E-state index is 0.0239. The number of carboxylic acids is 1. The summed E-state index contributed by atoms with van der Waals surface area (Å²) in [4.78, 5) is 36.4. The Kier molecular flexibility index (Phi) is 6.12. The Morgan fingerprint density at radius 3 is 2.03 bits per heavy atom. The molecule has 1 aliphatic rings. The molecule has 0 aliphatic heterocycles. The fraction of sp³-hybridized carbons (Fsp3) is 0.192. The molecule has 6 heteroatoms. The van der Waals surface area contributed by atoms with Gasteiger partial charge in [0.1, 0.15) is 5.82 Å². The Hall–Kier alpha value is -3.80. The average molecular weight is 431 g/mol. The largest absolute Gasteiger partial charge is 0.481 e. The summed E-state index contributed by atoms with van der Waals surface area (Å²) < 4.78 is 13.8. The van der Waals surface area contributed by atoms with Crippen LogP contribution in [0, 0.1) is 17.7 Å². The SMILES string of the molecule is O=C(Nc1ccc(-c2ccc(C(=O)[C@@H]3CCC[C@H]3C(=O)O)cc2)cc1)c1ccccc1F. The lowest BCUT2D eigenvalue weighted by atomic mass is 9.88. The van der Waals surface area contributed by atoms with E-state index in [1.165, 1.54) is 18.2 Å². The van der Waals surface area contributed by atoms with Gasteiger partial charge in [-0.25, -0.2) is 4.39 Å². The minimum Gasteiger partial charge on any atom is -0.481 e. The number of aliphatic carboxylic acids is 1. The van der Waals surface area contributed by atoms with Crippen LogP contribution in [-0.4, -0.2) is 22.8 Å². The maximum Gasteiger partial charge on any atom is 0.307 e. The van der Waals surface area contributed by atoms with Crippen LogP contribution in [0.5, 0.6) is 0 Å². The zero-order valence-electron chi connectivity index (χ0n) is 17.3. The van der Waals surface area contributed by atoms with Gasteiger partial charge in [0.05, 0.1) is 11.5 Å². The van der Waals surface area contributed by atoms with Crippen molar-refractivity contribution >= 4 is 23.3 Å². The van der Waals surface area contributed by atoms with Crippen LogP contribution in [0.3, 0.4) is 0 Å². The van der Waals surface area contributed by atoms with Gasteiger partial charge in [-0.3, -0.25) is 14.4 Å². The monoisotopic (exact) mass is 431 g/mol. The number of Topliss-reactive ketones (excluding diaryl/α,β-unsaturated/α-hetero) is 1. The van der Waals surface area contributed by atoms with E-state index >= 15 is 0 Å². The molecule has 2 N–H and O–H groups in total. The van der Waals surface area contributed by atoms with E-state index in [1.54, 1.807) is 30.3 Å². The van der Waals surface area contributed by atoms with E-state index in [2.05, 4.69) is 5.32 Å². The molecule has 1 amide bonds. The summed E-state index contributed by atoms with van der Waals surface area (Å²) >= 11 is 0. The topological polar surface area (TPSA) is 83.5 Å². The molecule has 0 saturated heterocycles. The quantitative estimate of drug-likeness (QED) is 0.510. The third-order valence-electron chi connectivity index (χ3n) is 5.93. The van der Waals surface area contributed by atoms with Crippen molar-refractivity contribution in [1.29, 1.82) is 0 Å². The second-order valence-electron chi connectivity index (χ2n) is 7.94. The van der Waals surface area contributed by atoms with Gasteiger partial charge in [-0.05, 0) is 48.2 Å². The number of amides is 1. The summed E-state index contributed by atoms with van der Waals surface area (Å²) in [7, 11) is 0. The van der Waals surface area contributed by atoms with Gasteiger partial charge in [-0.1, -0.05) is 55.0 Å². The molecule has 0 spiro atoms. The lowest BCUT2D eigenvalue weighted by molar-refractivity contribution is -0.142. The number of nitrogens with one attached hydrogen (secondary N) is 1. The van der Waals surface area contributed by atoms with E-state index in [0.29, 0.717) is 24.1 Å². The Morgan fingerprint density at radius 1 is 0.812 bits per heavy atom. The summed E-state index contributed by atoms with van der Waals surface area (Å²) in [6, 6.07) is 20.0. The maximum absolute atomic E-state index is 13.8. The van der Waals surface area contributed by atoms with Crippen molar-refractivity contribution in [3.63, 3.8) is 0 Å². The zero-order chi connectivity index (χ0) is 22.7. The minimum atomic E-state index is -0.903. The first-order valence-corrected chi connectivity index (χ1v) is 10.5. The van der Waals surface area contributed by atoms with E-state index in [9.17, 15) is 23.9 Å². The van der Waals surface area contributed by atoms with E-state index in [0.717, 1.165) is 17.5 Å². The number of rotatable bonds is 6. The van der Waals surface area contributed by atoms with Crippen LogP contribution in [-0.2, 0) is 4.79 Å². The highest BCUT2D eigenvalue weighted by atomic mass is 19.1. The van der Waals surface area contributed by atoms with Crippen molar-refractivity contribution in [2.75, 3.05) is 5.32 Å². The van der Waals surface area contributed by atoms with Crippen LogP contribution in [0.4, 0.5) is 10.1 Å². The number of carbonyl (C=O) groups excluding carboxylic acids is 2. The number of carbonyl (C=O) groups is 3. The number of ketones is 1. The molecule has 1 aliphatic carbocycles. The van der Waals surface area contributed by atoms with Crippen LogP contribution < -0.4 is 5.32 Å². The van der Waals surface area contributed by atoms with Crippen molar-refractivity contribution in [3.8, 4) is 11.1 Å². The van der Waals surface area contributed by atoms with E-state index in [4.69, 9.17) is 0 Å². The number of hydrogen-bond acceptors (Lipinski definition) is 3. The summed E-state index contributed by atoms with van der Waals surface area (Å²) in [6.45, 7) is 0. The predicted molar refractivity (Wildman–Crippen MR) is 119 cm³/mol. The first kappa shape index (κ1) is 21.4. The van der Waals surface area contributed by atoms with Crippen molar-refractivity contribution in [2.24, 2.45) is 11.8 Å². The Morgan fingerprint density at radius 2 is 1.41 bits per heavy atom. The molecule has 5 nitrogen and oxygen atoms in total. The van der Waals surface area contributed by atoms with Crippen LogP contribution >= 0.6 is 0 Å². The first-order valence-electron chi connectivity index (χ1n) is 10.5. The molecule has 1 fully saturated rings. The van der Waals surface area contributed by atoms with E-state index in [1.807, 2.05) is 24.3 Å². The van der Waals surface area contributed by atoms with Crippen LogP contribution in [0.2, 0.25) is 0 Å². The molecule has 0 radical (unpaired) electrons. The lowest BCUT2D eigenvalue weighted by Gasteiger charge is -2.14. The van der Waals surface area contributed by atoms with Gasteiger partial charge in [-0.2, -0.15) is 0 Å². The Balaban J connectivity index is 1.44. The highest BCUT2D eigenvalue weighted by molar-refractivity contribution is 6.04. The predicted octanol–water partition coefficient (Wildman–Crippen LogP) is 5.43. The third-order valence-corrected chi connectivity index (χ3v) is 5.93. The molecule has 1 saturated carbocycles. The van der Waals surface area contributed by atoms with Gasteiger partial charge in [0, 0.05) is 17.2 Å². The van der Waals surface area contributed by atoms with Gasteiger partial charge < -0.3 is 10.4 Å². The number of benzene rings is 3. The summed E-state index contributed by atoms with van der Waals surface area (Å²) in [5, 5.41) is 12.0. The molecule has 3 aromatic carbocycles. The van der Waals surface area contributed by atoms with Gasteiger partial charge >= 0.3 is 5.97 Å². The average Bonchev–Trinajstić information content (AvgIpc) is 3.30. The molecule has 0 aromatic heterocycles. The third kappa shape index (κ3) is 4.44. The molecule has 0 heterocycles. The van der Waals surface area contributed by atoms with Crippen molar-refractivity contribution < 1.29 is 23.9 Å². The normalized spacial score (nSPS) is 17.7. The van der Waals surface area contributed by atoms with Crippen molar-refractivity contribution in [1.82, 2.24) is 0 Å². The molecule has 3 aromatic rings. The Bertz CT molecular complexity index is 1160. The number of halogens is 1. The smallest absolute Gasteiger partial charge is 0.307 e. The second kappa shape index (κ2) is 9.14. The van der Waals surface area contributed by atoms with E-state index in [-0.39, 0.29) is 11.3 Å². The maximum atomic E-state index is 13.8. The molecule has 4 rings (SSSR count). The highest BCUT2D eigenvalue weighted by Gasteiger charge is 2.37. The van der Waals surface area contributed by atoms with E-state index < -0.39 is 29.5 Å². The molecule has 0 unspecified atom stereocenters. The number of hydrogen-bond donors (Lipinski definition) is 2. The van der Waals surface area contributed by atoms with Crippen LogP contribution in [0.25, 0.3) is 11.1 Å². The highest BCUT2D eigenvalue weighted by Crippen LogP contribution is 2.35. The lowest BCUT2D eigenvalue weighted by Crippen LogP contribution is -2.25. The molecule has 162 valence electrons. The molecule has 32 heavy (non-hydrogen) atoms. The molecular weight excluding hydrogens is 409 g/mol. The van der Waals surface area contributed by atoms with Crippen molar-refractivity contribution in [3.05, 3.63) is 89.7 Å². The van der Waals surface area contributed by atoms with Gasteiger partial charge in [0.2, 0.25) is 0 Å². The first-order chi connectivity index (χ1) is 15.4. The van der Waals surface area contributed by atoms with Gasteiger partial charge in [-0.15, -0.1) is 0 Å². The number of anilines is 1. The number of carboxylic acid groups (broad SMARTS) is 1. The summed E-state index contributed by atoms with van der Waals surface area (Å²) in [5.41, 5.74) is 2.80. The van der Waals surface area contributed by atoms with Crippen LogP contribution in [0.1, 0.15) is 40.0 Å². The standard InChI is InChI=1S/C26H22FNO4/c27-23-7-2-1-4-22(23)25(30)28-19-14-12-17(13-15-19)16-8-10-18(11-9-16)24(29)20-5-3-6-21(20)26(31)32/h1-2,4,7-15,20-21H,3,5-6H2,(H,28,30)(H,31,32)/t20-,21-/m1/s1. The molecular formula is C26H22FNO4. The van der Waals surface area contributed by atoms with Gasteiger partial charge in [0.25, 0.3) is 5.91 Å². The summed E-state index contributed by atoms with van der Waals surface area (Å²) in [6.07, 6.45) is 1.91. The molecule has 0 bridgehead atoms. The second-order valence-corrected chi connectivity index (χ2v) is 7.94. The molecule has 2 atom stereocenters.